The number of nitrogens with zero attached hydrogens (tertiary/aromatic N) is 1. The summed E-state index contributed by atoms with van der Waals surface area (Å²) in [7, 11) is 0. The quantitative estimate of drug-likeness (QED) is 0.498. The van der Waals surface area contributed by atoms with Crippen LogP contribution in [0, 0.1) is 13.7 Å². The van der Waals surface area contributed by atoms with E-state index in [0.717, 1.165) is 28.7 Å². The number of halogens is 1. The fraction of sp³-hybridized carbons (Fsp3) is 0.538. The van der Waals surface area contributed by atoms with Crippen LogP contribution < -0.4 is 5.32 Å². The molecule has 1 heterocycles. The molecular formula is C13H17IN2O3. The predicted octanol–water partition coefficient (Wildman–Crippen LogP) is 3.57. The average Bonchev–Trinajstić information content (AvgIpc) is 2.30. The van der Waals surface area contributed by atoms with Gasteiger partial charge in [0.05, 0.1) is 10.5 Å². The highest BCUT2D eigenvalue weighted by molar-refractivity contribution is 14.1. The van der Waals surface area contributed by atoms with Crippen molar-refractivity contribution in [3.63, 3.8) is 0 Å². The van der Waals surface area contributed by atoms with Crippen molar-refractivity contribution in [3.8, 4) is 0 Å². The number of nitrogens with one attached hydrogen (secondary N) is 1. The second-order valence-corrected chi connectivity index (χ2v) is 6.53. The summed E-state index contributed by atoms with van der Waals surface area (Å²) in [6, 6.07) is 5.25. The molecule has 0 aliphatic carbocycles. The fourth-order valence-electron chi connectivity index (χ4n) is 2.31. The van der Waals surface area contributed by atoms with Gasteiger partial charge in [0.2, 0.25) is 0 Å². The Kier molecular flexibility index (Phi) is 4.29. The van der Waals surface area contributed by atoms with Gasteiger partial charge in [-0.15, -0.1) is 0 Å². The van der Waals surface area contributed by atoms with Crippen molar-refractivity contribution in [2.75, 3.05) is 11.9 Å². The third-order valence-electron chi connectivity index (χ3n) is 3.22. The number of nitro groups is 1. The topological polar surface area (TPSA) is 64.4 Å². The summed E-state index contributed by atoms with van der Waals surface area (Å²) in [6.45, 7) is 4.91. The molecular weight excluding hydrogens is 359 g/mol. The molecule has 1 unspecified atom stereocenters. The Bertz CT molecular complexity index is 491. The number of hydrogen-bond donors (Lipinski definition) is 1. The van der Waals surface area contributed by atoms with Crippen molar-refractivity contribution >= 4 is 34.0 Å². The molecule has 1 aromatic rings. The number of nitro benzene ring substituents is 1. The van der Waals surface area contributed by atoms with Crippen LogP contribution in [0.25, 0.3) is 0 Å². The Hall–Kier alpha value is -0.890. The molecule has 0 radical (unpaired) electrons. The molecule has 1 aromatic carbocycles. The zero-order valence-corrected chi connectivity index (χ0v) is 13.1. The number of ether oxygens (including phenoxy) is 1. The van der Waals surface area contributed by atoms with E-state index in [2.05, 4.69) is 41.8 Å². The first-order chi connectivity index (χ1) is 8.87. The first-order valence-electron chi connectivity index (χ1n) is 6.22. The van der Waals surface area contributed by atoms with Gasteiger partial charge in [-0.1, -0.05) is 0 Å². The minimum atomic E-state index is -0.372. The first kappa shape index (κ1) is 14.5. The zero-order chi connectivity index (χ0) is 14.0. The second kappa shape index (κ2) is 5.62. The van der Waals surface area contributed by atoms with Gasteiger partial charge in [-0.3, -0.25) is 10.1 Å². The number of benzene rings is 1. The summed E-state index contributed by atoms with van der Waals surface area (Å²) in [5, 5.41) is 14.2. The van der Waals surface area contributed by atoms with E-state index in [1.165, 1.54) is 6.07 Å². The summed E-state index contributed by atoms with van der Waals surface area (Å²) in [5.41, 5.74) is 0.971. The number of rotatable bonds is 3. The number of hydrogen-bond acceptors (Lipinski definition) is 4. The van der Waals surface area contributed by atoms with Crippen LogP contribution in [-0.4, -0.2) is 23.2 Å². The Balaban J connectivity index is 2.09. The molecule has 0 saturated carbocycles. The molecule has 1 aliphatic rings. The van der Waals surface area contributed by atoms with Crippen molar-refractivity contribution in [3.05, 3.63) is 31.9 Å². The average molecular weight is 376 g/mol. The molecule has 0 aromatic heterocycles. The van der Waals surface area contributed by atoms with Gasteiger partial charge in [0.25, 0.3) is 5.69 Å². The smallest absolute Gasteiger partial charge is 0.270 e. The maximum atomic E-state index is 10.7. The first-order valence-corrected chi connectivity index (χ1v) is 7.30. The highest BCUT2D eigenvalue weighted by atomic mass is 127. The normalized spacial score (nSPS) is 21.9. The number of anilines is 1. The lowest BCUT2D eigenvalue weighted by atomic mass is 9.94. The molecule has 1 N–H and O–H groups in total. The second-order valence-electron chi connectivity index (χ2n) is 5.36. The van der Waals surface area contributed by atoms with Crippen LogP contribution in [0.5, 0.6) is 0 Å². The van der Waals surface area contributed by atoms with Gasteiger partial charge in [0.1, 0.15) is 0 Å². The van der Waals surface area contributed by atoms with Crippen molar-refractivity contribution in [1.29, 1.82) is 0 Å². The third-order valence-corrected chi connectivity index (χ3v) is 4.11. The molecule has 1 fully saturated rings. The Morgan fingerprint density at radius 1 is 1.53 bits per heavy atom. The van der Waals surface area contributed by atoms with Crippen LogP contribution >= 0.6 is 22.6 Å². The van der Waals surface area contributed by atoms with Crippen molar-refractivity contribution in [2.45, 2.75) is 38.3 Å². The van der Waals surface area contributed by atoms with Gasteiger partial charge < -0.3 is 10.1 Å². The van der Waals surface area contributed by atoms with Crippen molar-refractivity contribution in [2.24, 2.45) is 0 Å². The minimum Gasteiger partial charge on any atom is -0.381 e. The van der Waals surface area contributed by atoms with Crippen LogP contribution in [0.4, 0.5) is 11.4 Å². The molecule has 2 rings (SSSR count). The van der Waals surface area contributed by atoms with Gasteiger partial charge in [0.15, 0.2) is 0 Å². The Morgan fingerprint density at radius 2 is 2.26 bits per heavy atom. The van der Waals surface area contributed by atoms with Crippen LogP contribution in [0.15, 0.2) is 18.2 Å². The summed E-state index contributed by atoms with van der Waals surface area (Å²) in [6.07, 6.45) is 1.89. The standard InChI is InChI=1S/C13H17IN2O3/c1-13(2)8-9(5-6-19-13)15-12-4-3-10(16(17)18)7-11(12)14/h3-4,7,9,15H,5-6,8H2,1-2H3. The molecule has 1 saturated heterocycles. The third kappa shape index (κ3) is 3.79. The van der Waals surface area contributed by atoms with E-state index < -0.39 is 0 Å². The molecule has 0 amide bonds. The molecule has 1 aliphatic heterocycles. The van der Waals surface area contributed by atoms with Crippen LogP contribution in [0.3, 0.4) is 0 Å². The van der Waals surface area contributed by atoms with Crippen LogP contribution in [0.1, 0.15) is 26.7 Å². The van der Waals surface area contributed by atoms with E-state index in [1.807, 2.05) is 0 Å². The van der Waals surface area contributed by atoms with E-state index in [0.29, 0.717) is 6.04 Å². The van der Waals surface area contributed by atoms with Gasteiger partial charge in [-0.05, 0) is 55.3 Å². The summed E-state index contributed by atoms with van der Waals surface area (Å²) >= 11 is 2.13. The summed E-state index contributed by atoms with van der Waals surface area (Å²) < 4.78 is 6.55. The fourth-order valence-corrected chi connectivity index (χ4v) is 2.96. The summed E-state index contributed by atoms with van der Waals surface area (Å²) in [4.78, 5) is 10.3. The van der Waals surface area contributed by atoms with Gasteiger partial charge in [0, 0.05) is 34.0 Å². The molecule has 19 heavy (non-hydrogen) atoms. The van der Waals surface area contributed by atoms with E-state index in [9.17, 15) is 10.1 Å². The van der Waals surface area contributed by atoms with E-state index in [1.54, 1.807) is 12.1 Å². The maximum absolute atomic E-state index is 10.7. The largest absolute Gasteiger partial charge is 0.381 e. The van der Waals surface area contributed by atoms with Gasteiger partial charge >= 0.3 is 0 Å². The van der Waals surface area contributed by atoms with Crippen molar-refractivity contribution < 1.29 is 9.66 Å². The Morgan fingerprint density at radius 3 is 2.84 bits per heavy atom. The molecule has 5 nitrogen and oxygen atoms in total. The lowest BCUT2D eigenvalue weighted by Crippen LogP contribution is -2.40. The molecule has 6 heteroatoms. The highest BCUT2D eigenvalue weighted by Gasteiger charge is 2.29. The SMILES string of the molecule is CC1(C)CC(Nc2ccc([N+](=O)[O-])cc2I)CCO1. The Labute approximate surface area is 126 Å². The van der Waals surface area contributed by atoms with Gasteiger partial charge in [-0.2, -0.15) is 0 Å². The monoisotopic (exact) mass is 376 g/mol. The molecule has 0 spiro atoms. The van der Waals surface area contributed by atoms with E-state index in [4.69, 9.17) is 4.74 Å². The van der Waals surface area contributed by atoms with Crippen LogP contribution in [0.2, 0.25) is 0 Å². The zero-order valence-electron chi connectivity index (χ0n) is 11.0. The van der Waals surface area contributed by atoms with Gasteiger partial charge in [-0.25, -0.2) is 0 Å². The van der Waals surface area contributed by atoms with Crippen molar-refractivity contribution in [1.82, 2.24) is 0 Å². The predicted molar refractivity (Wildman–Crippen MR) is 82.5 cm³/mol. The highest BCUT2D eigenvalue weighted by Crippen LogP contribution is 2.29. The molecule has 0 bridgehead atoms. The summed E-state index contributed by atoms with van der Waals surface area (Å²) in [5.74, 6) is 0. The molecule has 1 atom stereocenters. The van der Waals surface area contributed by atoms with E-state index in [-0.39, 0.29) is 16.2 Å². The van der Waals surface area contributed by atoms with E-state index >= 15 is 0 Å². The maximum Gasteiger partial charge on any atom is 0.270 e. The number of non-ortho nitro benzene ring substituents is 1. The molecule has 104 valence electrons. The lowest BCUT2D eigenvalue weighted by Gasteiger charge is -2.36. The van der Waals surface area contributed by atoms with Crippen LogP contribution in [-0.2, 0) is 4.74 Å². The minimum absolute atomic E-state index is 0.109. The lowest BCUT2D eigenvalue weighted by molar-refractivity contribution is -0.384.